The number of nitrogens with zero attached hydrogens (tertiary/aromatic N) is 2. The third-order valence-electron chi connectivity index (χ3n) is 3.00. The van der Waals surface area contributed by atoms with E-state index < -0.39 is 0 Å². The lowest BCUT2D eigenvalue weighted by atomic mass is 10.2. The molecule has 0 fully saturated rings. The van der Waals surface area contributed by atoms with Gasteiger partial charge in [-0.3, -0.25) is 0 Å². The number of para-hydroxylation sites is 1. The quantitative estimate of drug-likeness (QED) is 0.725. The fourth-order valence-corrected chi connectivity index (χ4v) is 1.95. The molecule has 0 aliphatic carbocycles. The van der Waals surface area contributed by atoms with Crippen LogP contribution in [0.2, 0.25) is 0 Å². The standard InChI is InChI=1S/C17H22N2O2.ClH/c1-14-13-16(21-18-14)10-9-15-7-4-5-8-17(15)20-12-6-11-19(2)3;/h4-5,7-10,13H,6,11-12H2,1-3H3;1H/b10-9+;. The average Bonchev–Trinajstić information content (AvgIpc) is 2.88. The maximum absolute atomic E-state index is 5.86. The molecule has 0 spiro atoms. The summed E-state index contributed by atoms with van der Waals surface area (Å²) in [4.78, 5) is 2.15. The number of rotatable bonds is 7. The van der Waals surface area contributed by atoms with Crippen LogP contribution in [0.3, 0.4) is 0 Å². The highest BCUT2D eigenvalue weighted by Crippen LogP contribution is 2.21. The summed E-state index contributed by atoms with van der Waals surface area (Å²) in [6.45, 7) is 3.64. The van der Waals surface area contributed by atoms with Gasteiger partial charge in [-0.05, 0) is 45.7 Å². The van der Waals surface area contributed by atoms with Crippen LogP contribution in [0.1, 0.15) is 23.4 Å². The minimum atomic E-state index is 0. The van der Waals surface area contributed by atoms with Crippen LogP contribution in [0.4, 0.5) is 0 Å². The Kier molecular flexibility index (Phi) is 7.71. The van der Waals surface area contributed by atoms with Crippen molar-refractivity contribution >= 4 is 24.6 Å². The van der Waals surface area contributed by atoms with Gasteiger partial charge in [0.05, 0.1) is 12.3 Å². The summed E-state index contributed by atoms with van der Waals surface area (Å²) >= 11 is 0. The molecule has 0 unspecified atom stereocenters. The zero-order chi connectivity index (χ0) is 15.1. The van der Waals surface area contributed by atoms with Crippen molar-refractivity contribution in [2.75, 3.05) is 27.2 Å². The summed E-state index contributed by atoms with van der Waals surface area (Å²) in [5, 5.41) is 3.87. The Balaban J connectivity index is 0.00000242. The molecule has 0 atom stereocenters. The number of ether oxygens (including phenoxy) is 1. The largest absolute Gasteiger partial charge is 0.493 e. The van der Waals surface area contributed by atoms with Crippen molar-refractivity contribution < 1.29 is 9.26 Å². The predicted molar refractivity (Wildman–Crippen MR) is 92.5 cm³/mol. The number of aromatic nitrogens is 1. The van der Waals surface area contributed by atoms with E-state index >= 15 is 0 Å². The number of benzene rings is 1. The molecule has 4 nitrogen and oxygen atoms in total. The van der Waals surface area contributed by atoms with Crippen LogP contribution in [0.25, 0.3) is 12.2 Å². The van der Waals surface area contributed by atoms with Gasteiger partial charge in [0.1, 0.15) is 5.75 Å². The Bertz CT molecular complexity index is 594. The van der Waals surface area contributed by atoms with Crippen LogP contribution in [0.15, 0.2) is 34.9 Å². The first-order chi connectivity index (χ1) is 10.1. The number of hydrogen-bond acceptors (Lipinski definition) is 4. The van der Waals surface area contributed by atoms with Crippen LogP contribution in [0, 0.1) is 6.92 Å². The molecule has 0 aliphatic heterocycles. The number of halogens is 1. The first-order valence-corrected chi connectivity index (χ1v) is 7.13. The van der Waals surface area contributed by atoms with Crippen LogP contribution in [0.5, 0.6) is 5.75 Å². The van der Waals surface area contributed by atoms with Crippen LogP contribution >= 0.6 is 12.4 Å². The molecule has 0 bridgehead atoms. The van der Waals surface area contributed by atoms with E-state index in [1.807, 2.05) is 49.4 Å². The molecule has 0 amide bonds. The van der Waals surface area contributed by atoms with Crippen LogP contribution < -0.4 is 4.74 Å². The molecular weight excluding hydrogens is 300 g/mol. The molecule has 1 aromatic carbocycles. The molecule has 120 valence electrons. The summed E-state index contributed by atoms with van der Waals surface area (Å²) in [6.07, 6.45) is 4.90. The van der Waals surface area contributed by atoms with Gasteiger partial charge >= 0.3 is 0 Å². The third kappa shape index (κ3) is 5.92. The van der Waals surface area contributed by atoms with Gasteiger partial charge in [-0.2, -0.15) is 0 Å². The molecule has 0 N–H and O–H groups in total. The minimum absolute atomic E-state index is 0. The van der Waals surface area contributed by atoms with Gasteiger partial charge < -0.3 is 14.2 Å². The SMILES string of the molecule is Cc1cc(/C=C/c2ccccc2OCCCN(C)C)on1.Cl. The van der Waals surface area contributed by atoms with Crippen molar-refractivity contribution in [3.63, 3.8) is 0 Å². The molecule has 2 aromatic rings. The second-order valence-electron chi connectivity index (χ2n) is 5.25. The van der Waals surface area contributed by atoms with Crippen LogP contribution in [-0.2, 0) is 0 Å². The molecule has 2 rings (SSSR count). The monoisotopic (exact) mass is 322 g/mol. The molecule has 0 aliphatic rings. The van der Waals surface area contributed by atoms with Crippen molar-refractivity contribution in [1.29, 1.82) is 0 Å². The summed E-state index contributed by atoms with van der Waals surface area (Å²) < 4.78 is 11.0. The van der Waals surface area contributed by atoms with Crippen molar-refractivity contribution in [2.24, 2.45) is 0 Å². The molecule has 0 saturated heterocycles. The van der Waals surface area contributed by atoms with Gasteiger partial charge in [0.15, 0.2) is 5.76 Å². The molecule has 1 aromatic heterocycles. The van der Waals surface area contributed by atoms with Crippen molar-refractivity contribution in [1.82, 2.24) is 10.1 Å². The van der Waals surface area contributed by atoms with E-state index in [2.05, 4.69) is 24.2 Å². The van der Waals surface area contributed by atoms with Gasteiger partial charge in [-0.25, -0.2) is 0 Å². The van der Waals surface area contributed by atoms with Gasteiger partial charge in [0.25, 0.3) is 0 Å². The third-order valence-corrected chi connectivity index (χ3v) is 3.00. The normalized spacial score (nSPS) is 10.9. The van der Waals surface area contributed by atoms with Crippen molar-refractivity contribution in [2.45, 2.75) is 13.3 Å². The summed E-state index contributed by atoms with van der Waals surface area (Å²) in [7, 11) is 4.13. The maximum Gasteiger partial charge on any atom is 0.159 e. The lowest BCUT2D eigenvalue weighted by Crippen LogP contribution is -2.15. The minimum Gasteiger partial charge on any atom is -0.493 e. The molecule has 0 radical (unpaired) electrons. The molecule has 22 heavy (non-hydrogen) atoms. The second-order valence-corrected chi connectivity index (χ2v) is 5.25. The average molecular weight is 323 g/mol. The van der Waals surface area contributed by atoms with E-state index in [1.54, 1.807) is 0 Å². The van der Waals surface area contributed by atoms with Crippen LogP contribution in [-0.4, -0.2) is 37.3 Å². The first kappa shape index (κ1) is 18.3. The molecular formula is C17H23ClN2O2. The second kappa shape index (κ2) is 9.28. The lowest BCUT2D eigenvalue weighted by Gasteiger charge is -2.11. The van der Waals surface area contributed by atoms with Gasteiger partial charge in [0.2, 0.25) is 0 Å². The maximum atomic E-state index is 5.86. The highest BCUT2D eigenvalue weighted by atomic mass is 35.5. The smallest absolute Gasteiger partial charge is 0.159 e. The van der Waals surface area contributed by atoms with E-state index in [9.17, 15) is 0 Å². The number of aryl methyl sites for hydroxylation is 1. The van der Waals surface area contributed by atoms with E-state index in [0.29, 0.717) is 6.61 Å². The molecule has 1 heterocycles. The fourth-order valence-electron chi connectivity index (χ4n) is 1.95. The summed E-state index contributed by atoms with van der Waals surface area (Å²) in [5.74, 6) is 1.64. The van der Waals surface area contributed by atoms with E-state index in [1.165, 1.54) is 0 Å². The van der Waals surface area contributed by atoms with E-state index in [4.69, 9.17) is 9.26 Å². The van der Waals surface area contributed by atoms with Gasteiger partial charge in [0, 0.05) is 18.2 Å². The van der Waals surface area contributed by atoms with Gasteiger partial charge in [-0.1, -0.05) is 23.4 Å². The Hall–Kier alpha value is -1.78. The van der Waals surface area contributed by atoms with Crippen molar-refractivity contribution in [3.05, 3.63) is 47.3 Å². The first-order valence-electron chi connectivity index (χ1n) is 7.13. The van der Waals surface area contributed by atoms with Gasteiger partial charge in [-0.15, -0.1) is 12.4 Å². The molecule has 5 heteroatoms. The highest BCUT2D eigenvalue weighted by molar-refractivity contribution is 5.85. The summed E-state index contributed by atoms with van der Waals surface area (Å²) in [5.41, 5.74) is 1.92. The Morgan fingerprint density at radius 3 is 2.68 bits per heavy atom. The molecule has 0 saturated carbocycles. The van der Waals surface area contributed by atoms with E-state index in [-0.39, 0.29) is 12.4 Å². The number of hydrogen-bond donors (Lipinski definition) is 0. The zero-order valence-corrected chi connectivity index (χ0v) is 14.1. The highest BCUT2D eigenvalue weighted by Gasteiger charge is 2.01. The zero-order valence-electron chi connectivity index (χ0n) is 13.3. The topological polar surface area (TPSA) is 38.5 Å². The van der Waals surface area contributed by atoms with Crippen molar-refractivity contribution in [3.8, 4) is 5.75 Å². The Labute approximate surface area is 138 Å². The fraction of sp³-hybridized carbons (Fsp3) is 0.353. The summed E-state index contributed by atoms with van der Waals surface area (Å²) in [6, 6.07) is 9.90. The van der Waals surface area contributed by atoms with E-state index in [0.717, 1.165) is 35.7 Å². The Morgan fingerprint density at radius 2 is 2.00 bits per heavy atom. The lowest BCUT2D eigenvalue weighted by molar-refractivity contribution is 0.281. The Morgan fingerprint density at radius 1 is 1.23 bits per heavy atom. The predicted octanol–water partition coefficient (Wildman–Crippen LogP) is 3.91.